The van der Waals surface area contributed by atoms with Crippen LogP contribution in [-0.4, -0.2) is 30.4 Å². The van der Waals surface area contributed by atoms with E-state index in [0.717, 1.165) is 19.4 Å². The first-order chi connectivity index (χ1) is 7.13. The number of nitrogens with two attached hydrogens (primary N) is 1. The largest absolute Gasteiger partial charge is 0.346 e. The summed E-state index contributed by atoms with van der Waals surface area (Å²) in [5, 5.41) is 0. The number of hydrogen-bond donors (Lipinski definition) is 1. The molecular weight excluding hydrogens is 188 g/mol. The Kier molecular flexibility index (Phi) is 5.09. The Balaban J connectivity index is 2.21. The molecule has 1 aliphatic rings. The van der Waals surface area contributed by atoms with Gasteiger partial charge in [-0.3, -0.25) is 4.79 Å². The molecule has 1 fully saturated rings. The van der Waals surface area contributed by atoms with Crippen LogP contribution < -0.4 is 5.73 Å². The van der Waals surface area contributed by atoms with Crippen molar-refractivity contribution < 1.29 is 4.79 Å². The van der Waals surface area contributed by atoms with Gasteiger partial charge in [0.05, 0.1) is 0 Å². The van der Waals surface area contributed by atoms with Crippen molar-refractivity contribution >= 4 is 5.91 Å². The maximum absolute atomic E-state index is 11.6. The third kappa shape index (κ3) is 4.20. The Labute approximate surface area is 93.0 Å². The van der Waals surface area contributed by atoms with Crippen molar-refractivity contribution in [2.45, 2.75) is 51.5 Å². The highest BCUT2D eigenvalue weighted by atomic mass is 16.2. The molecule has 2 N–H and O–H groups in total. The lowest BCUT2D eigenvalue weighted by atomic mass is 9.83. The molecule has 0 aromatic rings. The van der Waals surface area contributed by atoms with Crippen LogP contribution in [0.4, 0.5) is 0 Å². The summed E-state index contributed by atoms with van der Waals surface area (Å²) in [5.41, 5.74) is 5.92. The van der Waals surface area contributed by atoms with Gasteiger partial charge in [0.25, 0.3) is 0 Å². The van der Waals surface area contributed by atoms with Crippen molar-refractivity contribution in [2.75, 3.05) is 13.6 Å². The maximum atomic E-state index is 11.6. The van der Waals surface area contributed by atoms with E-state index in [4.69, 9.17) is 5.73 Å². The van der Waals surface area contributed by atoms with Crippen LogP contribution in [0, 0.1) is 5.92 Å². The third-order valence-corrected chi connectivity index (χ3v) is 3.49. The SMILES string of the molecule is CCN(C)C(=O)CCC1CCCC(N)C1. The van der Waals surface area contributed by atoms with Gasteiger partial charge in [0.15, 0.2) is 0 Å². The van der Waals surface area contributed by atoms with Gasteiger partial charge in [0, 0.05) is 26.1 Å². The van der Waals surface area contributed by atoms with Crippen molar-refractivity contribution in [1.29, 1.82) is 0 Å². The molecule has 15 heavy (non-hydrogen) atoms. The van der Waals surface area contributed by atoms with Gasteiger partial charge in [-0.25, -0.2) is 0 Å². The number of amides is 1. The first-order valence-corrected chi connectivity index (χ1v) is 6.13. The molecule has 2 atom stereocenters. The molecule has 0 bridgehead atoms. The smallest absolute Gasteiger partial charge is 0.222 e. The second-order valence-corrected chi connectivity index (χ2v) is 4.74. The number of nitrogens with zero attached hydrogens (tertiary/aromatic N) is 1. The summed E-state index contributed by atoms with van der Waals surface area (Å²) in [5.74, 6) is 0.958. The number of carbonyl (C=O) groups is 1. The van der Waals surface area contributed by atoms with Crippen LogP contribution in [0.1, 0.15) is 45.4 Å². The van der Waals surface area contributed by atoms with Gasteiger partial charge in [0.1, 0.15) is 0 Å². The standard InChI is InChI=1S/C12H24N2O/c1-3-14(2)12(15)8-7-10-5-4-6-11(13)9-10/h10-11H,3-9,13H2,1-2H3. The Morgan fingerprint density at radius 2 is 2.20 bits per heavy atom. The molecule has 2 unspecified atom stereocenters. The van der Waals surface area contributed by atoms with Crippen molar-refractivity contribution in [3.8, 4) is 0 Å². The van der Waals surface area contributed by atoms with E-state index in [2.05, 4.69) is 0 Å². The molecule has 0 aliphatic heterocycles. The minimum atomic E-state index is 0.275. The van der Waals surface area contributed by atoms with Crippen LogP contribution >= 0.6 is 0 Å². The summed E-state index contributed by atoms with van der Waals surface area (Å²) in [6.45, 7) is 2.82. The maximum Gasteiger partial charge on any atom is 0.222 e. The van der Waals surface area contributed by atoms with Gasteiger partial charge in [-0.05, 0) is 32.1 Å². The Morgan fingerprint density at radius 1 is 1.47 bits per heavy atom. The normalized spacial score (nSPS) is 26.3. The molecule has 3 nitrogen and oxygen atoms in total. The number of hydrogen-bond acceptors (Lipinski definition) is 2. The first-order valence-electron chi connectivity index (χ1n) is 6.13. The van der Waals surface area contributed by atoms with Gasteiger partial charge in [-0.1, -0.05) is 12.8 Å². The molecule has 1 saturated carbocycles. The highest BCUT2D eigenvalue weighted by molar-refractivity contribution is 5.75. The fourth-order valence-corrected chi connectivity index (χ4v) is 2.29. The summed E-state index contributed by atoms with van der Waals surface area (Å²) in [4.78, 5) is 13.4. The summed E-state index contributed by atoms with van der Waals surface area (Å²) in [7, 11) is 1.87. The van der Waals surface area contributed by atoms with Crippen LogP contribution in [0.5, 0.6) is 0 Å². The van der Waals surface area contributed by atoms with E-state index in [0.29, 0.717) is 18.4 Å². The fourth-order valence-electron chi connectivity index (χ4n) is 2.29. The number of carbonyl (C=O) groups excluding carboxylic acids is 1. The molecule has 1 amide bonds. The van der Waals surface area contributed by atoms with E-state index >= 15 is 0 Å². The minimum Gasteiger partial charge on any atom is -0.346 e. The molecule has 0 heterocycles. The Hall–Kier alpha value is -0.570. The quantitative estimate of drug-likeness (QED) is 0.772. The van der Waals surface area contributed by atoms with Crippen molar-refractivity contribution in [1.82, 2.24) is 4.90 Å². The van der Waals surface area contributed by atoms with E-state index in [9.17, 15) is 4.79 Å². The van der Waals surface area contributed by atoms with E-state index in [1.54, 1.807) is 4.90 Å². The van der Waals surface area contributed by atoms with E-state index in [1.807, 2.05) is 14.0 Å². The second-order valence-electron chi connectivity index (χ2n) is 4.74. The lowest BCUT2D eigenvalue weighted by molar-refractivity contribution is -0.130. The van der Waals surface area contributed by atoms with E-state index in [1.165, 1.54) is 19.3 Å². The summed E-state index contributed by atoms with van der Waals surface area (Å²) in [6.07, 6.45) is 6.50. The lowest BCUT2D eigenvalue weighted by Gasteiger charge is -2.26. The minimum absolute atomic E-state index is 0.275. The van der Waals surface area contributed by atoms with E-state index < -0.39 is 0 Å². The molecule has 1 aliphatic carbocycles. The van der Waals surface area contributed by atoms with Crippen molar-refractivity contribution in [3.63, 3.8) is 0 Å². The number of rotatable bonds is 4. The van der Waals surface area contributed by atoms with Crippen LogP contribution in [0.15, 0.2) is 0 Å². The van der Waals surface area contributed by atoms with Gasteiger partial charge in [0.2, 0.25) is 5.91 Å². The van der Waals surface area contributed by atoms with Crippen LogP contribution in [-0.2, 0) is 4.79 Å². The Bertz CT molecular complexity index is 206. The monoisotopic (exact) mass is 212 g/mol. The molecule has 0 aromatic heterocycles. The fraction of sp³-hybridized carbons (Fsp3) is 0.917. The van der Waals surface area contributed by atoms with Crippen molar-refractivity contribution in [2.24, 2.45) is 11.7 Å². The first kappa shape index (κ1) is 12.5. The van der Waals surface area contributed by atoms with Crippen LogP contribution in [0.2, 0.25) is 0 Å². The zero-order valence-electron chi connectivity index (χ0n) is 10.0. The average molecular weight is 212 g/mol. The highest BCUT2D eigenvalue weighted by Gasteiger charge is 2.20. The molecular formula is C12H24N2O. The molecule has 0 spiro atoms. The third-order valence-electron chi connectivity index (χ3n) is 3.49. The van der Waals surface area contributed by atoms with Crippen LogP contribution in [0.3, 0.4) is 0 Å². The van der Waals surface area contributed by atoms with Gasteiger partial charge >= 0.3 is 0 Å². The average Bonchev–Trinajstić information content (AvgIpc) is 2.25. The molecule has 0 saturated heterocycles. The second kappa shape index (κ2) is 6.11. The zero-order chi connectivity index (χ0) is 11.3. The van der Waals surface area contributed by atoms with Crippen molar-refractivity contribution in [3.05, 3.63) is 0 Å². The molecule has 0 radical (unpaired) electrons. The zero-order valence-corrected chi connectivity index (χ0v) is 10.0. The molecule has 3 heteroatoms. The Morgan fingerprint density at radius 3 is 2.80 bits per heavy atom. The van der Waals surface area contributed by atoms with E-state index in [-0.39, 0.29) is 5.91 Å². The summed E-state index contributed by atoms with van der Waals surface area (Å²) < 4.78 is 0. The lowest BCUT2D eigenvalue weighted by Crippen LogP contribution is -2.30. The molecule has 1 rings (SSSR count). The van der Waals surface area contributed by atoms with Gasteiger partial charge < -0.3 is 10.6 Å². The topological polar surface area (TPSA) is 46.3 Å². The predicted octanol–water partition coefficient (Wildman–Crippen LogP) is 1.76. The summed E-state index contributed by atoms with van der Waals surface area (Å²) in [6, 6.07) is 0.378. The predicted molar refractivity (Wildman–Crippen MR) is 62.5 cm³/mol. The molecule has 88 valence electrons. The van der Waals surface area contributed by atoms with Crippen LogP contribution in [0.25, 0.3) is 0 Å². The van der Waals surface area contributed by atoms with Gasteiger partial charge in [-0.2, -0.15) is 0 Å². The molecule has 0 aromatic carbocycles. The highest BCUT2D eigenvalue weighted by Crippen LogP contribution is 2.26. The summed E-state index contributed by atoms with van der Waals surface area (Å²) >= 11 is 0. The van der Waals surface area contributed by atoms with Gasteiger partial charge in [-0.15, -0.1) is 0 Å².